The first-order chi connectivity index (χ1) is 5.70. The second-order valence-electron chi connectivity index (χ2n) is 4.01. The summed E-state index contributed by atoms with van der Waals surface area (Å²) in [6.07, 6.45) is 2.51. The molecule has 0 radical (unpaired) electrons. The maximum absolute atomic E-state index is 9.05. The minimum absolute atomic E-state index is 0.295. The summed E-state index contributed by atoms with van der Waals surface area (Å²) in [5, 5.41) is 9.05. The lowest BCUT2D eigenvalue weighted by molar-refractivity contribution is 0.112. The molecule has 0 spiro atoms. The number of aliphatic hydroxyl groups is 1. The molecule has 3 atom stereocenters. The number of rotatable bonds is 3. The lowest BCUT2D eigenvalue weighted by Crippen LogP contribution is -2.40. The summed E-state index contributed by atoms with van der Waals surface area (Å²) < 4.78 is 0. The highest BCUT2D eigenvalue weighted by Gasteiger charge is 2.31. The van der Waals surface area contributed by atoms with Gasteiger partial charge in [-0.15, -0.1) is 0 Å². The van der Waals surface area contributed by atoms with E-state index in [1.165, 1.54) is 19.4 Å². The third-order valence-electron chi connectivity index (χ3n) is 3.17. The van der Waals surface area contributed by atoms with E-state index in [1.807, 2.05) is 0 Å². The van der Waals surface area contributed by atoms with Crippen LogP contribution in [0.1, 0.15) is 33.6 Å². The van der Waals surface area contributed by atoms with Crippen molar-refractivity contribution in [2.24, 2.45) is 5.92 Å². The van der Waals surface area contributed by atoms with Gasteiger partial charge in [-0.1, -0.05) is 13.8 Å². The van der Waals surface area contributed by atoms with Crippen LogP contribution in [-0.4, -0.2) is 35.2 Å². The Labute approximate surface area is 75.6 Å². The molecule has 0 amide bonds. The summed E-state index contributed by atoms with van der Waals surface area (Å²) in [5.74, 6) is 0.809. The third kappa shape index (κ3) is 1.80. The molecule has 1 fully saturated rings. The zero-order valence-corrected chi connectivity index (χ0v) is 8.45. The Balaban J connectivity index is 2.53. The highest BCUT2D eigenvalue weighted by molar-refractivity contribution is 4.86. The van der Waals surface area contributed by atoms with Crippen LogP contribution in [0.5, 0.6) is 0 Å². The maximum Gasteiger partial charge on any atom is 0.0584 e. The van der Waals surface area contributed by atoms with Crippen LogP contribution in [0.25, 0.3) is 0 Å². The average Bonchev–Trinajstić information content (AvgIpc) is 2.45. The molecule has 1 N–H and O–H groups in total. The molecule has 1 rings (SSSR count). The van der Waals surface area contributed by atoms with Gasteiger partial charge < -0.3 is 5.11 Å². The van der Waals surface area contributed by atoms with Gasteiger partial charge in [0, 0.05) is 12.1 Å². The molecule has 2 heteroatoms. The Morgan fingerprint density at radius 2 is 2.25 bits per heavy atom. The summed E-state index contributed by atoms with van der Waals surface area (Å²) >= 11 is 0. The van der Waals surface area contributed by atoms with Gasteiger partial charge in [-0.25, -0.2) is 0 Å². The SMILES string of the molecule is CCC1C(C)CCN1C(C)CO. The molecule has 2 nitrogen and oxygen atoms in total. The zero-order chi connectivity index (χ0) is 9.14. The first-order valence-electron chi connectivity index (χ1n) is 5.07. The Morgan fingerprint density at radius 1 is 1.58 bits per heavy atom. The van der Waals surface area contributed by atoms with Crippen molar-refractivity contribution in [2.45, 2.75) is 45.7 Å². The van der Waals surface area contributed by atoms with Crippen LogP contribution in [0.4, 0.5) is 0 Å². The molecule has 0 aromatic carbocycles. The number of nitrogens with zero attached hydrogens (tertiary/aromatic N) is 1. The van der Waals surface area contributed by atoms with E-state index in [9.17, 15) is 0 Å². The fraction of sp³-hybridized carbons (Fsp3) is 1.00. The van der Waals surface area contributed by atoms with Crippen molar-refractivity contribution in [2.75, 3.05) is 13.2 Å². The summed E-state index contributed by atoms with van der Waals surface area (Å²) in [7, 11) is 0. The van der Waals surface area contributed by atoms with Gasteiger partial charge in [0.25, 0.3) is 0 Å². The summed E-state index contributed by atoms with van der Waals surface area (Å²) in [6, 6.07) is 1.05. The van der Waals surface area contributed by atoms with E-state index in [4.69, 9.17) is 5.11 Å². The molecule has 0 saturated carbocycles. The Bertz CT molecular complexity index is 138. The number of hydrogen-bond acceptors (Lipinski definition) is 2. The first-order valence-corrected chi connectivity index (χ1v) is 5.07. The van der Waals surface area contributed by atoms with Crippen molar-refractivity contribution in [1.29, 1.82) is 0 Å². The van der Waals surface area contributed by atoms with E-state index in [1.54, 1.807) is 0 Å². The molecule has 0 aliphatic carbocycles. The van der Waals surface area contributed by atoms with Gasteiger partial charge in [0.1, 0.15) is 0 Å². The Kier molecular flexibility index (Phi) is 3.53. The van der Waals surface area contributed by atoms with Crippen LogP contribution < -0.4 is 0 Å². The summed E-state index contributed by atoms with van der Waals surface area (Å²) in [5.41, 5.74) is 0. The zero-order valence-electron chi connectivity index (χ0n) is 8.45. The largest absolute Gasteiger partial charge is 0.395 e. The molecule has 3 unspecified atom stereocenters. The van der Waals surface area contributed by atoms with Crippen molar-refractivity contribution in [3.05, 3.63) is 0 Å². The molecule has 0 bridgehead atoms. The van der Waals surface area contributed by atoms with Crippen molar-refractivity contribution < 1.29 is 5.11 Å². The molecule has 1 aliphatic heterocycles. The van der Waals surface area contributed by atoms with Crippen LogP contribution in [0, 0.1) is 5.92 Å². The van der Waals surface area contributed by atoms with E-state index in [0.717, 1.165) is 5.92 Å². The lowest BCUT2D eigenvalue weighted by atomic mass is 10.0. The molecule has 0 aromatic rings. The van der Waals surface area contributed by atoms with Crippen molar-refractivity contribution in [3.8, 4) is 0 Å². The molecule has 1 aliphatic rings. The number of likely N-dealkylation sites (tertiary alicyclic amines) is 1. The molecule has 0 aromatic heterocycles. The van der Waals surface area contributed by atoms with Crippen molar-refractivity contribution in [3.63, 3.8) is 0 Å². The van der Waals surface area contributed by atoms with Gasteiger partial charge in [-0.3, -0.25) is 4.90 Å². The predicted octanol–water partition coefficient (Wildman–Crippen LogP) is 1.49. The summed E-state index contributed by atoms with van der Waals surface area (Å²) in [4.78, 5) is 2.45. The minimum Gasteiger partial charge on any atom is -0.395 e. The molecule has 12 heavy (non-hydrogen) atoms. The van der Waals surface area contributed by atoms with Gasteiger partial charge in [0.05, 0.1) is 6.61 Å². The van der Waals surface area contributed by atoms with Crippen LogP contribution in [-0.2, 0) is 0 Å². The smallest absolute Gasteiger partial charge is 0.0584 e. The van der Waals surface area contributed by atoms with Gasteiger partial charge >= 0.3 is 0 Å². The predicted molar refractivity (Wildman–Crippen MR) is 51.1 cm³/mol. The van der Waals surface area contributed by atoms with E-state index >= 15 is 0 Å². The molecule has 72 valence electrons. The quantitative estimate of drug-likeness (QED) is 0.695. The number of aliphatic hydroxyl groups excluding tert-OH is 1. The van der Waals surface area contributed by atoms with E-state index < -0.39 is 0 Å². The average molecular weight is 171 g/mol. The van der Waals surface area contributed by atoms with Crippen LogP contribution in [0.2, 0.25) is 0 Å². The molecule has 1 saturated heterocycles. The van der Waals surface area contributed by atoms with Crippen LogP contribution in [0.3, 0.4) is 0 Å². The fourth-order valence-corrected chi connectivity index (χ4v) is 2.33. The topological polar surface area (TPSA) is 23.5 Å². The third-order valence-corrected chi connectivity index (χ3v) is 3.17. The van der Waals surface area contributed by atoms with Crippen LogP contribution >= 0.6 is 0 Å². The van der Waals surface area contributed by atoms with Gasteiger partial charge in [-0.2, -0.15) is 0 Å². The van der Waals surface area contributed by atoms with E-state index in [2.05, 4.69) is 25.7 Å². The summed E-state index contributed by atoms with van der Waals surface area (Å²) in [6.45, 7) is 8.13. The highest BCUT2D eigenvalue weighted by Crippen LogP contribution is 2.27. The standard InChI is InChI=1S/C10H21NO/c1-4-10-8(2)5-6-11(10)9(3)7-12/h8-10,12H,4-7H2,1-3H3. The van der Waals surface area contributed by atoms with Crippen molar-refractivity contribution >= 4 is 0 Å². The second-order valence-corrected chi connectivity index (χ2v) is 4.01. The normalized spacial score (nSPS) is 34.0. The second kappa shape index (κ2) is 4.24. The van der Waals surface area contributed by atoms with E-state index in [0.29, 0.717) is 18.7 Å². The number of hydrogen-bond donors (Lipinski definition) is 1. The van der Waals surface area contributed by atoms with Gasteiger partial charge in [0.2, 0.25) is 0 Å². The lowest BCUT2D eigenvalue weighted by Gasteiger charge is -2.30. The van der Waals surface area contributed by atoms with Gasteiger partial charge in [-0.05, 0) is 32.2 Å². The maximum atomic E-state index is 9.05. The van der Waals surface area contributed by atoms with E-state index in [-0.39, 0.29) is 0 Å². The fourth-order valence-electron chi connectivity index (χ4n) is 2.33. The first kappa shape index (κ1) is 10.0. The molecular formula is C10H21NO. The Hall–Kier alpha value is -0.0800. The van der Waals surface area contributed by atoms with Crippen LogP contribution in [0.15, 0.2) is 0 Å². The Morgan fingerprint density at radius 3 is 2.75 bits per heavy atom. The van der Waals surface area contributed by atoms with Crippen molar-refractivity contribution in [1.82, 2.24) is 4.90 Å². The van der Waals surface area contributed by atoms with Gasteiger partial charge in [0.15, 0.2) is 0 Å². The molecule has 1 heterocycles. The molecular weight excluding hydrogens is 150 g/mol. The monoisotopic (exact) mass is 171 g/mol. The highest BCUT2D eigenvalue weighted by atomic mass is 16.3. The minimum atomic E-state index is 0.295.